The highest BCUT2D eigenvalue weighted by molar-refractivity contribution is 5.90. The number of carbonyl (C=O) groups is 1. The number of anilines is 4. The molecular weight excluding hydrogens is 378 g/mol. The molecule has 8 nitrogen and oxygen atoms in total. The number of nitrogens with one attached hydrogen (secondary N) is 2. The van der Waals surface area contributed by atoms with E-state index in [0.717, 1.165) is 28.1 Å². The Morgan fingerprint density at radius 3 is 2.33 bits per heavy atom. The molecule has 0 aliphatic carbocycles. The number of nitriles is 1. The van der Waals surface area contributed by atoms with Crippen molar-refractivity contribution in [1.29, 1.82) is 5.26 Å². The number of aryl methyl sites for hydroxylation is 3. The summed E-state index contributed by atoms with van der Waals surface area (Å²) in [7, 11) is 0. The molecule has 30 heavy (non-hydrogen) atoms. The second-order valence-electron chi connectivity index (χ2n) is 6.77. The normalized spacial score (nSPS) is 10.6. The van der Waals surface area contributed by atoms with Crippen LogP contribution in [0.25, 0.3) is 6.08 Å². The van der Waals surface area contributed by atoms with E-state index in [1.54, 1.807) is 30.3 Å². The zero-order valence-corrected chi connectivity index (χ0v) is 16.9. The van der Waals surface area contributed by atoms with Crippen LogP contribution >= 0.6 is 0 Å². The van der Waals surface area contributed by atoms with Crippen LogP contribution in [0.4, 0.5) is 23.1 Å². The maximum atomic E-state index is 11.0. The summed E-state index contributed by atoms with van der Waals surface area (Å²) in [5, 5.41) is 23.6. The predicted octanol–water partition coefficient (Wildman–Crippen LogP) is 3.65. The van der Waals surface area contributed by atoms with E-state index < -0.39 is 5.91 Å². The van der Waals surface area contributed by atoms with Crippen molar-refractivity contribution in [2.24, 2.45) is 5.73 Å². The van der Waals surface area contributed by atoms with Gasteiger partial charge in [-0.1, -0.05) is 0 Å². The first-order valence-corrected chi connectivity index (χ1v) is 9.20. The smallest absolute Gasteiger partial charge is 0.249 e. The van der Waals surface area contributed by atoms with Gasteiger partial charge in [0.25, 0.3) is 0 Å². The number of nitrogens with zero attached hydrogens (tertiary/aromatic N) is 4. The second-order valence-corrected chi connectivity index (χ2v) is 6.77. The molecule has 1 aromatic heterocycles. The van der Waals surface area contributed by atoms with Gasteiger partial charge in [-0.25, -0.2) is 0 Å². The molecule has 0 saturated carbocycles. The van der Waals surface area contributed by atoms with E-state index in [1.165, 1.54) is 6.08 Å². The summed E-state index contributed by atoms with van der Waals surface area (Å²) >= 11 is 0. The predicted molar refractivity (Wildman–Crippen MR) is 116 cm³/mol. The first-order valence-electron chi connectivity index (χ1n) is 9.20. The highest BCUT2D eigenvalue weighted by Crippen LogP contribution is 2.27. The van der Waals surface area contributed by atoms with Crippen molar-refractivity contribution in [3.8, 4) is 6.07 Å². The maximum Gasteiger partial charge on any atom is 0.249 e. The highest BCUT2D eigenvalue weighted by Gasteiger charge is 2.10. The van der Waals surface area contributed by atoms with Gasteiger partial charge in [0, 0.05) is 17.5 Å². The van der Waals surface area contributed by atoms with E-state index >= 15 is 0 Å². The van der Waals surface area contributed by atoms with Gasteiger partial charge in [-0.15, -0.1) is 10.2 Å². The molecule has 3 rings (SSSR count). The molecule has 0 aliphatic heterocycles. The van der Waals surface area contributed by atoms with Crippen LogP contribution in [0, 0.1) is 32.1 Å². The number of aromatic nitrogens is 3. The summed E-state index contributed by atoms with van der Waals surface area (Å²) in [4.78, 5) is 15.5. The number of primary amides is 1. The Balaban J connectivity index is 1.85. The first-order chi connectivity index (χ1) is 14.4. The van der Waals surface area contributed by atoms with Gasteiger partial charge in [-0.05, 0) is 79.9 Å². The van der Waals surface area contributed by atoms with Gasteiger partial charge in [0.05, 0.1) is 11.6 Å². The van der Waals surface area contributed by atoms with Crippen LogP contribution in [0.1, 0.15) is 27.9 Å². The van der Waals surface area contributed by atoms with Crippen molar-refractivity contribution in [2.75, 3.05) is 10.6 Å². The molecule has 0 saturated heterocycles. The largest absolute Gasteiger partial charge is 0.366 e. The minimum atomic E-state index is -0.488. The van der Waals surface area contributed by atoms with Crippen molar-refractivity contribution < 1.29 is 4.79 Å². The van der Waals surface area contributed by atoms with Crippen LogP contribution in [-0.2, 0) is 4.79 Å². The van der Waals surface area contributed by atoms with Gasteiger partial charge in [-0.3, -0.25) is 4.79 Å². The standard InChI is InChI=1S/C22H21N7O/c1-13-10-17(6-9-19(24)30)11-14(2)20(13)26-21-15(3)28-29-22(27-21)25-18-7-4-16(12-23)5-8-18/h4-11H,1-3H3,(H2,24,30)(H2,25,26,27,29)/b9-6+. The molecule has 1 amide bonds. The third-order valence-electron chi connectivity index (χ3n) is 4.36. The van der Waals surface area contributed by atoms with Gasteiger partial charge < -0.3 is 16.4 Å². The second kappa shape index (κ2) is 8.84. The molecule has 0 fully saturated rings. The average Bonchev–Trinajstić information content (AvgIpc) is 2.72. The Labute approximate surface area is 174 Å². The number of benzene rings is 2. The number of carbonyl (C=O) groups excluding carboxylic acids is 1. The Morgan fingerprint density at radius 2 is 1.73 bits per heavy atom. The molecule has 150 valence electrons. The highest BCUT2D eigenvalue weighted by atomic mass is 16.1. The van der Waals surface area contributed by atoms with Crippen LogP contribution in [0.2, 0.25) is 0 Å². The summed E-state index contributed by atoms with van der Waals surface area (Å²) in [5.74, 6) is 0.425. The molecule has 4 N–H and O–H groups in total. The van der Waals surface area contributed by atoms with Crippen LogP contribution in [0.5, 0.6) is 0 Å². The van der Waals surface area contributed by atoms with Crippen molar-refractivity contribution in [3.63, 3.8) is 0 Å². The Morgan fingerprint density at radius 1 is 1.07 bits per heavy atom. The van der Waals surface area contributed by atoms with Gasteiger partial charge in [0.2, 0.25) is 11.9 Å². The summed E-state index contributed by atoms with van der Waals surface area (Å²) in [6.45, 7) is 5.76. The Kier molecular flexibility index (Phi) is 6.03. The quantitative estimate of drug-likeness (QED) is 0.539. The average molecular weight is 399 g/mol. The van der Waals surface area contributed by atoms with E-state index in [2.05, 4.69) is 31.9 Å². The Hall–Kier alpha value is -4.25. The first kappa shape index (κ1) is 20.5. The molecule has 2 aromatic carbocycles. The molecule has 0 spiro atoms. The number of amides is 1. The fraction of sp³-hybridized carbons (Fsp3) is 0.136. The maximum absolute atomic E-state index is 11.0. The number of hydrogen-bond donors (Lipinski definition) is 3. The molecule has 0 bridgehead atoms. The zero-order chi connectivity index (χ0) is 21.7. The molecule has 0 radical (unpaired) electrons. The number of nitrogens with two attached hydrogens (primary N) is 1. The van der Waals surface area contributed by atoms with Crippen LogP contribution in [-0.4, -0.2) is 21.1 Å². The van der Waals surface area contributed by atoms with Crippen LogP contribution in [0.15, 0.2) is 42.5 Å². The molecule has 0 unspecified atom stereocenters. The molecule has 8 heteroatoms. The van der Waals surface area contributed by atoms with Crippen molar-refractivity contribution in [1.82, 2.24) is 15.2 Å². The topological polar surface area (TPSA) is 130 Å². The fourth-order valence-corrected chi connectivity index (χ4v) is 2.89. The van der Waals surface area contributed by atoms with Crippen molar-refractivity contribution in [3.05, 3.63) is 70.4 Å². The summed E-state index contributed by atoms with van der Waals surface area (Å²) in [6, 6.07) is 13.0. The lowest BCUT2D eigenvalue weighted by Crippen LogP contribution is -2.07. The van der Waals surface area contributed by atoms with E-state index in [0.29, 0.717) is 23.0 Å². The lowest BCUT2D eigenvalue weighted by Gasteiger charge is -2.15. The van der Waals surface area contributed by atoms with E-state index in [-0.39, 0.29) is 0 Å². The summed E-state index contributed by atoms with van der Waals surface area (Å²) in [5.41, 5.74) is 10.9. The van der Waals surface area contributed by atoms with Crippen molar-refractivity contribution in [2.45, 2.75) is 20.8 Å². The SMILES string of the molecule is Cc1cc(/C=C/C(N)=O)cc(C)c1Nc1nc(Nc2ccc(C#N)cc2)nnc1C. The minimum Gasteiger partial charge on any atom is -0.366 e. The molecule has 0 atom stereocenters. The molecule has 0 aliphatic rings. The third-order valence-corrected chi connectivity index (χ3v) is 4.36. The third kappa shape index (κ3) is 4.97. The summed E-state index contributed by atoms with van der Waals surface area (Å²) in [6.07, 6.45) is 3.02. The Bertz CT molecular complexity index is 1140. The lowest BCUT2D eigenvalue weighted by atomic mass is 10.0. The number of rotatable bonds is 6. The van der Waals surface area contributed by atoms with Gasteiger partial charge >= 0.3 is 0 Å². The summed E-state index contributed by atoms with van der Waals surface area (Å²) < 4.78 is 0. The fourth-order valence-electron chi connectivity index (χ4n) is 2.89. The van der Waals surface area contributed by atoms with E-state index in [4.69, 9.17) is 11.0 Å². The van der Waals surface area contributed by atoms with Crippen molar-refractivity contribution >= 4 is 35.1 Å². The van der Waals surface area contributed by atoms with E-state index in [1.807, 2.05) is 32.9 Å². The number of hydrogen-bond acceptors (Lipinski definition) is 7. The van der Waals surface area contributed by atoms with Gasteiger partial charge in [-0.2, -0.15) is 10.2 Å². The molecule has 1 heterocycles. The van der Waals surface area contributed by atoms with Crippen LogP contribution in [0.3, 0.4) is 0 Å². The van der Waals surface area contributed by atoms with Gasteiger partial charge in [0.1, 0.15) is 5.69 Å². The monoisotopic (exact) mass is 399 g/mol. The van der Waals surface area contributed by atoms with E-state index in [9.17, 15) is 4.79 Å². The molecular formula is C22H21N7O. The molecule has 3 aromatic rings. The lowest BCUT2D eigenvalue weighted by molar-refractivity contribution is -0.113. The zero-order valence-electron chi connectivity index (χ0n) is 16.9. The van der Waals surface area contributed by atoms with Crippen LogP contribution < -0.4 is 16.4 Å². The minimum absolute atomic E-state index is 0.337. The van der Waals surface area contributed by atoms with Gasteiger partial charge in [0.15, 0.2) is 5.82 Å².